The maximum absolute atomic E-state index is 13.1. The number of sulfonamides is 1. The van der Waals surface area contributed by atoms with Gasteiger partial charge in [0, 0.05) is 36.6 Å². The summed E-state index contributed by atoms with van der Waals surface area (Å²) in [6, 6.07) is 13.5. The zero-order valence-corrected chi connectivity index (χ0v) is 18.2. The van der Waals surface area contributed by atoms with E-state index in [0.717, 1.165) is 30.4 Å². The van der Waals surface area contributed by atoms with E-state index in [1.54, 1.807) is 6.07 Å². The summed E-state index contributed by atoms with van der Waals surface area (Å²) in [5.74, 6) is -0.427. The van der Waals surface area contributed by atoms with Crippen LogP contribution in [0.4, 0.5) is 0 Å². The number of H-pyrrole nitrogens is 1. The molecule has 1 fully saturated rings. The fourth-order valence-corrected chi connectivity index (χ4v) is 5.36. The van der Waals surface area contributed by atoms with Gasteiger partial charge < -0.3 is 10.3 Å². The van der Waals surface area contributed by atoms with Crippen molar-refractivity contribution in [3.8, 4) is 0 Å². The first-order valence-electron chi connectivity index (χ1n) is 10.4. The maximum atomic E-state index is 13.1. The Hall–Kier alpha value is -2.97. The number of rotatable bonds is 5. The molecule has 1 saturated heterocycles. The molecule has 0 radical (unpaired) electrons. The van der Waals surface area contributed by atoms with Crippen molar-refractivity contribution in [2.24, 2.45) is 0 Å². The third-order valence-corrected chi connectivity index (χ3v) is 7.48. The number of hydrogen-bond acceptors (Lipinski definition) is 4. The Morgan fingerprint density at radius 2 is 1.74 bits per heavy atom. The minimum Gasteiger partial charge on any atom is -0.348 e. The molecule has 1 aliphatic heterocycles. The lowest BCUT2D eigenvalue weighted by Gasteiger charge is -2.26. The molecule has 8 heteroatoms. The van der Waals surface area contributed by atoms with Gasteiger partial charge >= 0.3 is 0 Å². The van der Waals surface area contributed by atoms with Gasteiger partial charge in [0.1, 0.15) is 0 Å². The minimum absolute atomic E-state index is 0.126. The second kappa shape index (κ2) is 8.64. The SMILES string of the molecule is Cc1ccc(CNC(=O)c2cc(=O)[nH]c3ccc(S(=O)(=O)N4CCCCC4)cc23)cc1. The summed E-state index contributed by atoms with van der Waals surface area (Å²) < 4.78 is 27.6. The van der Waals surface area contributed by atoms with E-state index in [-0.39, 0.29) is 10.5 Å². The molecular formula is C23H25N3O4S. The lowest BCUT2D eigenvalue weighted by Crippen LogP contribution is -2.35. The van der Waals surface area contributed by atoms with Gasteiger partial charge in [-0.2, -0.15) is 4.31 Å². The molecule has 0 saturated carbocycles. The van der Waals surface area contributed by atoms with Gasteiger partial charge in [0.25, 0.3) is 5.91 Å². The quantitative estimate of drug-likeness (QED) is 0.638. The second-order valence-electron chi connectivity index (χ2n) is 7.89. The lowest BCUT2D eigenvalue weighted by molar-refractivity contribution is 0.0952. The van der Waals surface area contributed by atoms with E-state index >= 15 is 0 Å². The molecule has 2 N–H and O–H groups in total. The summed E-state index contributed by atoms with van der Waals surface area (Å²) >= 11 is 0. The van der Waals surface area contributed by atoms with Gasteiger partial charge in [-0.1, -0.05) is 36.2 Å². The number of aromatic amines is 1. The van der Waals surface area contributed by atoms with E-state index in [9.17, 15) is 18.0 Å². The van der Waals surface area contributed by atoms with E-state index in [0.29, 0.717) is 30.5 Å². The van der Waals surface area contributed by atoms with Gasteiger partial charge in [-0.05, 0) is 43.5 Å². The summed E-state index contributed by atoms with van der Waals surface area (Å²) in [5.41, 5.74) is 2.21. The summed E-state index contributed by atoms with van der Waals surface area (Å²) in [4.78, 5) is 27.8. The molecule has 0 unspecified atom stereocenters. The Balaban J connectivity index is 1.67. The number of amides is 1. The molecule has 0 atom stereocenters. The highest BCUT2D eigenvalue weighted by Gasteiger charge is 2.26. The Bertz CT molecular complexity index is 1270. The predicted octanol–water partition coefficient (Wildman–Crippen LogP) is 2.94. The molecule has 0 aliphatic carbocycles. The zero-order chi connectivity index (χ0) is 22.0. The highest BCUT2D eigenvalue weighted by Crippen LogP contribution is 2.25. The van der Waals surface area contributed by atoms with Crippen LogP contribution in [0.3, 0.4) is 0 Å². The Morgan fingerprint density at radius 3 is 2.45 bits per heavy atom. The second-order valence-corrected chi connectivity index (χ2v) is 9.83. The number of aromatic nitrogens is 1. The van der Waals surface area contributed by atoms with Crippen LogP contribution in [0.1, 0.15) is 40.7 Å². The third kappa shape index (κ3) is 4.55. The van der Waals surface area contributed by atoms with Gasteiger partial charge in [-0.25, -0.2) is 8.42 Å². The van der Waals surface area contributed by atoms with Crippen LogP contribution in [-0.4, -0.2) is 36.7 Å². The molecular weight excluding hydrogens is 414 g/mol. The van der Waals surface area contributed by atoms with Crippen molar-refractivity contribution in [3.63, 3.8) is 0 Å². The van der Waals surface area contributed by atoms with Crippen molar-refractivity contribution in [1.29, 1.82) is 0 Å². The third-order valence-electron chi connectivity index (χ3n) is 5.59. The van der Waals surface area contributed by atoms with E-state index < -0.39 is 21.5 Å². The maximum Gasteiger partial charge on any atom is 0.252 e. The Labute approximate surface area is 181 Å². The summed E-state index contributed by atoms with van der Waals surface area (Å²) in [5, 5.41) is 3.23. The fraction of sp³-hybridized carbons (Fsp3) is 0.304. The lowest BCUT2D eigenvalue weighted by atomic mass is 10.1. The van der Waals surface area contributed by atoms with Crippen LogP contribution < -0.4 is 10.9 Å². The van der Waals surface area contributed by atoms with Crippen molar-refractivity contribution >= 4 is 26.8 Å². The highest BCUT2D eigenvalue weighted by molar-refractivity contribution is 7.89. The van der Waals surface area contributed by atoms with E-state index in [1.165, 1.54) is 22.5 Å². The van der Waals surface area contributed by atoms with Crippen LogP contribution in [0.2, 0.25) is 0 Å². The summed E-state index contributed by atoms with van der Waals surface area (Å²) in [7, 11) is -3.66. The molecule has 0 bridgehead atoms. The molecule has 7 nitrogen and oxygen atoms in total. The Morgan fingerprint density at radius 1 is 1.03 bits per heavy atom. The highest BCUT2D eigenvalue weighted by atomic mass is 32.2. The number of piperidine rings is 1. The monoisotopic (exact) mass is 439 g/mol. The van der Waals surface area contributed by atoms with Crippen molar-refractivity contribution in [2.75, 3.05) is 13.1 Å². The van der Waals surface area contributed by atoms with Crippen molar-refractivity contribution in [1.82, 2.24) is 14.6 Å². The number of carbonyl (C=O) groups is 1. The van der Waals surface area contributed by atoms with Crippen LogP contribution in [0.5, 0.6) is 0 Å². The van der Waals surface area contributed by atoms with E-state index in [4.69, 9.17) is 0 Å². The first-order chi connectivity index (χ1) is 14.8. The average molecular weight is 440 g/mol. The summed E-state index contributed by atoms with van der Waals surface area (Å²) in [6.45, 7) is 3.28. The fourth-order valence-electron chi connectivity index (χ4n) is 3.82. The number of nitrogens with one attached hydrogen (secondary N) is 2. The van der Waals surface area contributed by atoms with Crippen LogP contribution in [-0.2, 0) is 16.6 Å². The zero-order valence-electron chi connectivity index (χ0n) is 17.3. The molecule has 31 heavy (non-hydrogen) atoms. The molecule has 162 valence electrons. The topological polar surface area (TPSA) is 99.3 Å². The first-order valence-corrected chi connectivity index (χ1v) is 11.8. The number of aryl methyl sites for hydroxylation is 1. The summed E-state index contributed by atoms with van der Waals surface area (Å²) in [6.07, 6.45) is 2.70. The van der Waals surface area contributed by atoms with Crippen LogP contribution in [0, 0.1) is 6.92 Å². The molecule has 4 rings (SSSR count). The van der Waals surface area contributed by atoms with Crippen molar-refractivity contribution in [2.45, 2.75) is 37.6 Å². The molecule has 0 spiro atoms. The van der Waals surface area contributed by atoms with Crippen molar-refractivity contribution in [3.05, 3.63) is 75.6 Å². The number of hydrogen-bond donors (Lipinski definition) is 2. The Kier molecular flexibility index (Phi) is 5.93. The van der Waals surface area contributed by atoms with Gasteiger partial charge in [0.2, 0.25) is 15.6 Å². The van der Waals surface area contributed by atoms with Crippen LogP contribution in [0.15, 0.2) is 58.2 Å². The number of nitrogens with zero attached hydrogens (tertiary/aromatic N) is 1. The van der Waals surface area contributed by atoms with Gasteiger partial charge in [0.15, 0.2) is 0 Å². The standard InChI is InChI=1S/C23H25N3O4S/c1-16-5-7-17(8-6-16)15-24-23(28)20-14-22(27)25-21-10-9-18(13-19(20)21)31(29,30)26-11-3-2-4-12-26/h5-10,13-14H,2-4,11-12,15H2,1H3,(H,24,28)(H,25,27). The smallest absolute Gasteiger partial charge is 0.252 e. The average Bonchev–Trinajstić information content (AvgIpc) is 2.78. The van der Waals surface area contributed by atoms with E-state index in [1.807, 2.05) is 31.2 Å². The molecule has 3 aromatic rings. The normalized spacial score (nSPS) is 15.1. The van der Waals surface area contributed by atoms with Gasteiger partial charge in [-0.3, -0.25) is 9.59 Å². The molecule has 1 aliphatic rings. The van der Waals surface area contributed by atoms with Crippen LogP contribution >= 0.6 is 0 Å². The number of carbonyl (C=O) groups excluding carboxylic acids is 1. The molecule has 1 aromatic heterocycles. The largest absolute Gasteiger partial charge is 0.348 e. The minimum atomic E-state index is -3.66. The van der Waals surface area contributed by atoms with E-state index in [2.05, 4.69) is 10.3 Å². The number of benzene rings is 2. The molecule has 2 heterocycles. The number of fused-ring (bicyclic) bond motifs is 1. The van der Waals surface area contributed by atoms with Crippen LogP contribution in [0.25, 0.3) is 10.9 Å². The van der Waals surface area contributed by atoms with Crippen molar-refractivity contribution < 1.29 is 13.2 Å². The molecule has 2 aromatic carbocycles. The predicted molar refractivity (Wildman–Crippen MR) is 120 cm³/mol. The molecule has 1 amide bonds. The van der Waals surface area contributed by atoms with Gasteiger partial charge in [0.05, 0.1) is 10.5 Å². The number of pyridine rings is 1. The first kappa shape index (κ1) is 21.3. The van der Waals surface area contributed by atoms with Gasteiger partial charge in [-0.15, -0.1) is 0 Å².